The molecule has 3 aliphatic rings. The maximum Gasteiger partial charge on any atom is 0.306 e. The quantitative estimate of drug-likeness (QED) is 0.321. The molecule has 0 saturated carbocycles. The smallest absolute Gasteiger partial charge is 0.306 e. The fourth-order valence-corrected chi connectivity index (χ4v) is 6.29. The number of halogens is 2. The summed E-state index contributed by atoms with van der Waals surface area (Å²) in [5, 5.41) is 9.31. The van der Waals surface area contributed by atoms with Gasteiger partial charge in [0.05, 0.1) is 24.8 Å². The van der Waals surface area contributed by atoms with Gasteiger partial charge in [-0.2, -0.15) is 0 Å². The first kappa shape index (κ1) is 30.0. The number of likely N-dealkylation sites (tertiary alicyclic amines) is 1. The third kappa shape index (κ3) is 6.40. The lowest BCUT2D eigenvalue weighted by Gasteiger charge is -2.40. The molecular formula is C34H38F2N4O4. The number of carboxylic acids is 1. The van der Waals surface area contributed by atoms with Crippen LogP contribution in [-0.2, 0) is 16.1 Å². The minimum Gasteiger partial charge on any atom is -0.485 e. The van der Waals surface area contributed by atoms with E-state index in [0.29, 0.717) is 49.3 Å². The standard InChI is InChI=1S/C34H38F2N4O4/c1-21-25(6-7-30(37-21)23-8-12-39(13-9-23)22(2)26-18-43-19-26)20-44-33-28(16-27(35)17-29(33)36)31-4-3-5-32(38-31)40-14-10-24(11-15-40)34(41)42/h3-7,16-17,23-24,26H,2,8-15,18-20H2,1H3,(H,41,42). The van der Waals surface area contributed by atoms with E-state index in [1.807, 2.05) is 30.0 Å². The van der Waals surface area contributed by atoms with Gasteiger partial charge in [-0.3, -0.25) is 9.78 Å². The SMILES string of the molecule is C=C(C1COC1)N1CCC(c2ccc(COc3c(F)cc(F)cc3-c3cccc(N4CCC(C(=O)O)CC4)n3)c(C)n2)CC1. The van der Waals surface area contributed by atoms with Crippen LogP contribution in [0.25, 0.3) is 11.3 Å². The third-order valence-electron chi connectivity index (χ3n) is 9.20. The summed E-state index contributed by atoms with van der Waals surface area (Å²) in [6.45, 7) is 10.8. The molecule has 0 bridgehead atoms. The van der Waals surface area contributed by atoms with E-state index >= 15 is 4.39 Å². The lowest BCUT2D eigenvalue weighted by molar-refractivity contribution is -0.142. The van der Waals surface area contributed by atoms with Crippen molar-refractivity contribution in [2.75, 3.05) is 44.3 Å². The van der Waals surface area contributed by atoms with Crippen LogP contribution in [0.4, 0.5) is 14.6 Å². The summed E-state index contributed by atoms with van der Waals surface area (Å²) in [4.78, 5) is 25.3. The Morgan fingerprint density at radius 1 is 1.02 bits per heavy atom. The van der Waals surface area contributed by atoms with Gasteiger partial charge in [0, 0.05) is 72.3 Å². The highest BCUT2D eigenvalue weighted by molar-refractivity contribution is 5.71. The number of benzene rings is 1. The number of nitrogens with zero attached hydrogens (tertiary/aromatic N) is 4. The highest BCUT2D eigenvalue weighted by atomic mass is 19.1. The second-order valence-electron chi connectivity index (χ2n) is 12.0. The minimum atomic E-state index is -0.807. The Morgan fingerprint density at radius 3 is 2.43 bits per heavy atom. The second kappa shape index (κ2) is 12.9. The van der Waals surface area contributed by atoms with Crippen molar-refractivity contribution >= 4 is 11.8 Å². The van der Waals surface area contributed by atoms with E-state index in [1.54, 1.807) is 12.1 Å². The molecule has 5 heterocycles. The van der Waals surface area contributed by atoms with E-state index in [2.05, 4.69) is 16.5 Å². The molecule has 0 unspecified atom stereocenters. The summed E-state index contributed by atoms with van der Waals surface area (Å²) in [5.74, 6) is -1.33. The number of rotatable bonds is 9. The van der Waals surface area contributed by atoms with Crippen LogP contribution in [-0.4, -0.2) is 65.3 Å². The number of aliphatic carboxylic acids is 1. The Hall–Kier alpha value is -4.05. The number of carbonyl (C=O) groups is 1. The largest absolute Gasteiger partial charge is 0.485 e. The summed E-state index contributed by atoms with van der Waals surface area (Å²) < 4.78 is 40.9. The highest BCUT2D eigenvalue weighted by Crippen LogP contribution is 2.36. The van der Waals surface area contributed by atoms with Gasteiger partial charge in [-0.05, 0) is 56.9 Å². The summed E-state index contributed by atoms with van der Waals surface area (Å²) in [6.07, 6.45) is 3.04. The predicted octanol–water partition coefficient (Wildman–Crippen LogP) is 5.95. The van der Waals surface area contributed by atoms with Crippen molar-refractivity contribution in [2.45, 2.75) is 45.1 Å². The maximum absolute atomic E-state index is 15.2. The van der Waals surface area contributed by atoms with Gasteiger partial charge in [-0.15, -0.1) is 0 Å². The molecule has 3 aliphatic heterocycles. The van der Waals surface area contributed by atoms with Crippen LogP contribution in [0.3, 0.4) is 0 Å². The van der Waals surface area contributed by atoms with Gasteiger partial charge < -0.3 is 24.4 Å². The molecule has 0 radical (unpaired) electrons. The highest BCUT2D eigenvalue weighted by Gasteiger charge is 2.29. The average molecular weight is 605 g/mol. The number of anilines is 1. The van der Waals surface area contributed by atoms with Crippen LogP contribution in [0.15, 0.2) is 54.7 Å². The average Bonchev–Trinajstić information content (AvgIpc) is 3.00. The number of hydrogen-bond acceptors (Lipinski definition) is 7. The second-order valence-corrected chi connectivity index (χ2v) is 12.0. The number of pyridine rings is 2. The van der Waals surface area contributed by atoms with E-state index in [1.165, 1.54) is 11.8 Å². The molecule has 3 aromatic rings. The Morgan fingerprint density at radius 2 is 1.77 bits per heavy atom. The van der Waals surface area contributed by atoms with Gasteiger partial charge in [0.1, 0.15) is 18.2 Å². The predicted molar refractivity (Wildman–Crippen MR) is 162 cm³/mol. The zero-order valence-electron chi connectivity index (χ0n) is 25.0. The molecule has 0 amide bonds. The van der Waals surface area contributed by atoms with Crippen molar-refractivity contribution in [3.05, 3.63) is 83.3 Å². The van der Waals surface area contributed by atoms with Gasteiger partial charge in [0.2, 0.25) is 0 Å². The molecule has 2 aromatic heterocycles. The normalized spacial score (nSPS) is 18.2. The molecule has 10 heteroatoms. The molecule has 8 nitrogen and oxygen atoms in total. The van der Waals surface area contributed by atoms with Crippen LogP contribution in [0, 0.1) is 30.4 Å². The number of piperidine rings is 2. The van der Waals surface area contributed by atoms with Crippen molar-refractivity contribution < 1.29 is 28.2 Å². The van der Waals surface area contributed by atoms with Crippen molar-refractivity contribution in [1.29, 1.82) is 0 Å². The number of aryl methyl sites for hydroxylation is 1. The zero-order chi connectivity index (χ0) is 30.8. The maximum atomic E-state index is 15.2. The molecule has 3 fully saturated rings. The third-order valence-corrected chi connectivity index (χ3v) is 9.20. The van der Waals surface area contributed by atoms with Crippen LogP contribution in [0.2, 0.25) is 0 Å². The lowest BCUT2D eigenvalue weighted by Crippen LogP contribution is -2.40. The molecule has 44 heavy (non-hydrogen) atoms. The van der Waals surface area contributed by atoms with Crippen LogP contribution in [0.1, 0.15) is 48.6 Å². The van der Waals surface area contributed by atoms with Gasteiger partial charge in [-0.25, -0.2) is 13.8 Å². The minimum absolute atomic E-state index is 0.0682. The number of ether oxygens (including phenoxy) is 2. The fraction of sp³-hybridized carbons (Fsp3) is 0.441. The molecule has 0 aliphatic carbocycles. The molecular weight excluding hydrogens is 566 g/mol. The Bertz CT molecular complexity index is 1530. The Kier molecular flexibility index (Phi) is 8.79. The van der Waals surface area contributed by atoms with E-state index < -0.39 is 17.6 Å². The number of carboxylic acid groups (broad SMARTS) is 1. The first-order chi connectivity index (χ1) is 21.3. The molecule has 0 atom stereocenters. The van der Waals surface area contributed by atoms with E-state index in [-0.39, 0.29) is 23.8 Å². The fourth-order valence-electron chi connectivity index (χ4n) is 6.29. The van der Waals surface area contributed by atoms with Gasteiger partial charge in [0.25, 0.3) is 0 Å². The lowest BCUT2D eigenvalue weighted by atomic mass is 9.91. The topological polar surface area (TPSA) is 88.0 Å². The Balaban J connectivity index is 1.13. The summed E-state index contributed by atoms with van der Waals surface area (Å²) in [5.41, 5.74) is 4.46. The molecule has 1 aromatic carbocycles. The van der Waals surface area contributed by atoms with E-state index in [0.717, 1.165) is 62.2 Å². The molecule has 232 valence electrons. The van der Waals surface area contributed by atoms with Crippen molar-refractivity contribution in [2.24, 2.45) is 11.8 Å². The van der Waals surface area contributed by atoms with Crippen LogP contribution in [0.5, 0.6) is 5.75 Å². The van der Waals surface area contributed by atoms with Gasteiger partial charge in [-0.1, -0.05) is 18.7 Å². The monoisotopic (exact) mass is 604 g/mol. The van der Waals surface area contributed by atoms with Crippen molar-refractivity contribution in [1.82, 2.24) is 14.9 Å². The number of hydrogen-bond donors (Lipinski definition) is 1. The van der Waals surface area contributed by atoms with E-state index in [9.17, 15) is 14.3 Å². The molecule has 3 saturated heterocycles. The summed E-state index contributed by atoms with van der Waals surface area (Å²) in [7, 11) is 0. The van der Waals surface area contributed by atoms with Crippen molar-refractivity contribution in [3.8, 4) is 17.0 Å². The van der Waals surface area contributed by atoms with Crippen LogP contribution < -0.4 is 9.64 Å². The summed E-state index contributed by atoms with van der Waals surface area (Å²) >= 11 is 0. The van der Waals surface area contributed by atoms with Crippen LogP contribution >= 0.6 is 0 Å². The molecule has 0 spiro atoms. The first-order valence-corrected chi connectivity index (χ1v) is 15.3. The molecule has 1 N–H and O–H groups in total. The van der Waals surface area contributed by atoms with Gasteiger partial charge >= 0.3 is 5.97 Å². The number of aromatic nitrogens is 2. The van der Waals surface area contributed by atoms with Crippen molar-refractivity contribution in [3.63, 3.8) is 0 Å². The van der Waals surface area contributed by atoms with Gasteiger partial charge in [0.15, 0.2) is 11.6 Å². The molecule has 6 rings (SSSR count). The zero-order valence-corrected chi connectivity index (χ0v) is 25.0. The van der Waals surface area contributed by atoms with E-state index in [4.69, 9.17) is 14.5 Å². The summed E-state index contributed by atoms with van der Waals surface area (Å²) in [6, 6.07) is 11.3. The Labute approximate surface area is 256 Å². The first-order valence-electron chi connectivity index (χ1n) is 15.3.